The predicted molar refractivity (Wildman–Crippen MR) is 143 cm³/mol. The molecule has 5 rings (SSSR count). The van der Waals surface area contributed by atoms with E-state index >= 15 is 0 Å². The highest BCUT2D eigenvalue weighted by Gasteiger charge is 2.53. The Morgan fingerprint density at radius 2 is 1.72 bits per heavy atom. The second-order valence-electron chi connectivity index (χ2n) is 10.7. The quantitative estimate of drug-likeness (QED) is 0.228. The van der Waals surface area contributed by atoms with Crippen molar-refractivity contribution in [3.63, 3.8) is 0 Å². The van der Waals surface area contributed by atoms with Gasteiger partial charge in [-0.2, -0.15) is 0 Å². The van der Waals surface area contributed by atoms with Crippen LogP contribution in [0.4, 0.5) is 5.69 Å². The number of esters is 2. The van der Waals surface area contributed by atoms with E-state index in [9.17, 15) is 14.7 Å². The van der Waals surface area contributed by atoms with E-state index in [4.69, 9.17) is 9.47 Å². The number of hydrogen-bond donors (Lipinski definition) is 3. The fourth-order valence-corrected chi connectivity index (χ4v) is 5.70. The summed E-state index contributed by atoms with van der Waals surface area (Å²) in [5.41, 5.74) is 10.6. The predicted octanol–water partition coefficient (Wildman–Crippen LogP) is 5.29. The van der Waals surface area contributed by atoms with Crippen molar-refractivity contribution in [1.29, 1.82) is 0 Å². The number of carbonyl (C=O) groups excluding carboxylic acids is 2. The average molecular weight is 509 g/mol. The molecule has 3 aliphatic carbocycles. The Hall–Kier alpha value is -3.26. The first-order valence-corrected chi connectivity index (χ1v) is 16.4. The van der Waals surface area contributed by atoms with Crippen LogP contribution in [0.1, 0.15) is 36.8 Å². The second-order valence-corrected chi connectivity index (χ2v) is 16.4. The highest BCUT2D eigenvalue weighted by molar-refractivity contribution is 6.76. The number of phenolic OH excluding ortho intramolecular Hbond substituents is 1. The van der Waals surface area contributed by atoms with Gasteiger partial charge in [-0.15, -0.1) is 0 Å². The number of nitrogens with one attached hydrogen (secondary N) is 2. The number of para-hydroxylation sites is 1. The van der Waals surface area contributed by atoms with Crippen molar-refractivity contribution in [3.8, 4) is 5.75 Å². The summed E-state index contributed by atoms with van der Waals surface area (Å²) < 4.78 is 11.4. The van der Waals surface area contributed by atoms with Gasteiger partial charge in [0.2, 0.25) is 0 Å². The van der Waals surface area contributed by atoms with Gasteiger partial charge in [0.25, 0.3) is 0 Å². The van der Waals surface area contributed by atoms with Crippen LogP contribution in [0.5, 0.6) is 5.75 Å². The molecule has 7 nitrogen and oxygen atoms in total. The zero-order valence-corrected chi connectivity index (χ0v) is 22.5. The van der Waals surface area contributed by atoms with E-state index in [0.717, 1.165) is 28.6 Å². The maximum atomic E-state index is 13.5. The Balaban J connectivity index is 1.72. The summed E-state index contributed by atoms with van der Waals surface area (Å²) in [5.74, 6) is -2.45. The number of hydrogen-bond acceptors (Lipinski definition) is 7. The van der Waals surface area contributed by atoms with Gasteiger partial charge in [0.15, 0.2) is 0 Å². The van der Waals surface area contributed by atoms with Gasteiger partial charge < -0.3 is 25.4 Å². The molecule has 0 amide bonds. The van der Waals surface area contributed by atoms with Gasteiger partial charge in [-0.05, 0) is 59.9 Å². The molecule has 2 aromatic carbocycles. The van der Waals surface area contributed by atoms with Gasteiger partial charge in [0.1, 0.15) is 5.75 Å². The first kappa shape index (κ1) is 25.8. The van der Waals surface area contributed by atoms with Crippen LogP contribution in [0.2, 0.25) is 25.7 Å². The lowest BCUT2D eigenvalue weighted by atomic mass is 9.60. The van der Waals surface area contributed by atoms with Crippen LogP contribution in [0, 0.1) is 11.8 Å². The Morgan fingerprint density at radius 3 is 2.42 bits per heavy atom. The molecule has 36 heavy (non-hydrogen) atoms. The minimum Gasteiger partial charge on any atom is -0.508 e. The molecule has 192 valence electrons. The molecule has 2 bridgehead atoms. The summed E-state index contributed by atoms with van der Waals surface area (Å²) in [7, 11) is -1.39. The normalized spacial score (nSPS) is 20.5. The van der Waals surface area contributed by atoms with E-state index in [-0.39, 0.29) is 24.2 Å². The molecule has 0 saturated carbocycles. The van der Waals surface area contributed by atoms with Crippen LogP contribution in [0.15, 0.2) is 54.2 Å². The molecule has 0 aliphatic heterocycles. The van der Waals surface area contributed by atoms with Crippen molar-refractivity contribution in [3.05, 3.63) is 65.4 Å². The fourth-order valence-electron chi connectivity index (χ4n) is 4.99. The molecule has 3 atom stereocenters. The maximum absolute atomic E-state index is 13.5. The van der Waals surface area contributed by atoms with Gasteiger partial charge >= 0.3 is 11.9 Å². The molecular formula is C28H36N2O5Si. The fraction of sp³-hybridized carbons (Fsp3) is 0.429. The minimum absolute atomic E-state index is 0.110. The SMILES string of the molecule is CCCOC(=O)[C@@H]1C2=C(NNc3ccccc3)CC(c3ccc(O)cc32)[C@H]1C(=O)OCC[Si](C)(C)C. The molecule has 0 aromatic heterocycles. The number of rotatable bonds is 10. The molecule has 0 radical (unpaired) electrons. The average Bonchev–Trinajstić information content (AvgIpc) is 2.85. The largest absolute Gasteiger partial charge is 0.508 e. The molecule has 0 saturated heterocycles. The number of anilines is 1. The summed E-state index contributed by atoms with van der Waals surface area (Å²) in [6.07, 6.45) is 1.22. The Kier molecular flexibility index (Phi) is 7.73. The van der Waals surface area contributed by atoms with Crippen molar-refractivity contribution in [2.75, 3.05) is 18.6 Å². The summed E-state index contributed by atoms with van der Waals surface area (Å²) in [5, 5.41) is 10.3. The zero-order chi connectivity index (χ0) is 25.9. The van der Waals surface area contributed by atoms with Crippen LogP contribution in [-0.4, -0.2) is 38.3 Å². The molecule has 0 spiro atoms. The highest BCUT2D eigenvalue weighted by Crippen LogP contribution is 2.55. The first-order chi connectivity index (χ1) is 17.2. The van der Waals surface area contributed by atoms with Crippen molar-refractivity contribution in [1.82, 2.24) is 5.43 Å². The number of hydrazine groups is 1. The third-order valence-electron chi connectivity index (χ3n) is 6.78. The van der Waals surface area contributed by atoms with E-state index in [2.05, 4.69) is 30.5 Å². The van der Waals surface area contributed by atoms with Crippen molar-refractivity contribution in [2.45, 2.75) is 51.4 Å². The number of ether oxygens (including phenoxy) is 2. The number of phenols is 1. The number of aromatic hydroxyl groups is 1. The molecule has 0 heterocycles. The maximum Gasteiger partial charge on any atom is 0.314 e. The summed E-state index contributed by atoms with van der Waals surface area (Å²) in [6, 6.07) is 15.7. The Bertz CT molecular complexity index is 1140. The number of allylic oxidation sites excluding steroid dienone is 1. The van der Waals surface area contributed by atoms with Crippen molar-refractivity contribution >= 4 is 31.3 Å². The van der Waals surface area contributed by atoms with Crippen LogP contribution >= 0.6 is 0 Å². The molecule has 8 heteroatoms. The standard InChI is InChI=1S/C28H36N2O5Si/c1-5-13-34-28(33)26-24-21-16-19(31)11-12-20(21)22(25(26)27(32)35-14-15-36(2,3)4)17-23(24)30-29-18-9-7-6-8-10-18/h6-12,16,22,25-26,29-31H,5,13-15,17H2,1-4H3/t22?,25-,26-/m1/s1. The van der Waals surface area contributed by atoms with Crippen molar-refractivity contribution in [2.24, 2.45) is 11.8 Å². The Labute approximate surface area is 213 Å². The molecule has 2 aromatic rings. The monoisotopic (exact) mass is 508 g/mol. The van der Waals surface area contributed by atoms with Gasteiger partial charge in [-0.25, -0.2) is 0 Å². The second kappa shape index (κ2) is 10.8. The van der Waals surface area contributed by atoms with Gasteiger partial charge in [0.05, 0.1) is 30.7 Å². The highest BCUT2D eigenvalue weighted by atomic mass is 28.3. The number of carbonyl (C=O) groups is 2. The van der Waals surface area contributed by atoms with E-state index in [1.54, 1.807) is 12.1 Å². The van der Waals surface area contributed by atoms with E-state index in [1.807, 2.05) is 43.3 Å². The Morgan fingerprint density at radius 1 is 1.00 bits per heavy atom. The lowest BCUT2D eigenvalue weighted by Crippen LogP contribution is -2.46. The third kappa shape index (κ3) is 5.59. The van der Waals surface area contributed by atoms with E-state index in [1.165, 1.54) is 0 Å². The summed E-state index contributed by atoms with van der Waals surface area (Å²) in [4.78, 5) is 26.9. The number of fused-ring (bicyclic) bond motifs is 2. The van der Waals surface area contributed by atoms with Gasteiger partial charge in [-0.3, -0.25) is 9.59 Å². The minimum atomic E-state index is -1.39. The molecule has 1 unspecified atom stereocenters. The van der Waals surface area contributed by atoms with E-state index in [0.29, 0.717) is 25.0 Å². The lowest BCUT2D eigenvalue weighted by molar-refractivity contribution is -0.159. The molecular weight excluding hydrogens is 472 g/mol. The topological polar surface area (TPSA) is 96.9 Å². The molecule has 3 aliphatic rings. The smallest absolute Gasteiger partial charge is 0.314 e. The molecule has 0 fully saturated rings. The van der Waals surface area contributed by atoms with Gasteiger partial charge in [-0.1, -0.05) is 50.8 Å². The summed E-state index contributed by atoms with van der Waals surface area (Å²) in [6.45, 7) is 9.28. The third-order valence-corrected chi connectivity index (χ3v) is 8.49. The van der Waals surface area contributed by atoms with Crippen LogP contribution in [0.3, 0.4) is 0 Å². The van der Waals surface area contributed by atoms with Crippen molar-refractivity contribution < 1.29 is 24.2 Å². The van der Waals surface area contributed by atoms with E-state index < -0.39 is 25.9 Å². The van der Waals surface area contributed by atoms with Gasteiger partial charge in [0, 0.05) is 19.7 Å². The van der Waals surface area contributed by atoms with Crippen LogP contribution < -0.4 is 10.9 Å². The van der Waals surface area contributed by atoms with Crippen LogP contribution in [-0.2, 0) is 19.1 Å². The summed E-state index contributed by atoms with van der Waals surface area (Å²) >= 11 is 0. The first-order valence-electron chi connectivity index (χ1n) is 12.7. The lowest BCUT2D eigenvalue weighted by Gasteiger charge is -2.44. The van der Waals surface area contributed by atoms with Crippen LogP contribution in [0.25, 0.3) is 5.57 Å². The number of benzene rings is 2. The zero-order valence-electron chi connectivity index (χ0n) is 21.5. The molecule has 3 N–H and O–H groups in total.